The molecule has 0 saturated heterocycles. The van der Waals surface area contributed by atoms with Crippen molar-refractivity contribution in [3.63, 3.8) is 0 Å². The van der Waals surface area contributed by atoms with E-state index >= 15 is 0 Å². The zero-order valence-electron chi connectivity index (χ0n) is 8.10. The van der Waals surface area contributed by atoms with Crippen molar-refractivity contribution in [2.45, 2.75) is 13.8 Å². The normalized spacial score (nSPS) is 9.77. The molecule has 4 heteroatoms. The van der Waals surface area contributed by atoms with Gasteiger partial charge in [0, 0.05) is 12.7 Å². The molecule has 0 aliphatic rings. The van der Waals surface area contributed by atoms with Gasteiger partial charge in [-0.05, 0) is 19.9 Å². The molecule has 0 bridgehead atoms. The Labute approximate surface area is 77.3 Å². The Bertz CT molecular complexity index is 305. The van der Waals surface area contributed by atoms with Gasteiger partial charge in [-0.15, -0.1) is 0 Å². The molecule has 0 aromatic carbocycles. The standard InChI is InChI=1S/C9H14N2O2/c1-4-13-9(12)8-7(10-3)5-6(2)11-8/h5,10-11H,4H2,1-3H3. The fourth-order valence-corrected chi connectivity index (χ4v) is 1.15. The van der Waals surface area contributed by atoms with Crippen molar-refractivity contribution in [3.8, 4) is 0 Å². The van der Waals surface area contributed by atoms with Crippen LogP contribution in [-0.4, -0.2) is 24.6 Å². The molecular weight excluding hydrogens is 168 g/mol. The summed E-state index contributed by atoms with van der Waals surface area (Å²) in [5, 5.41) is 2.92. The average Bonchev–Trinajstić information content (AvgIpc) is 2.47. The van der Waals surface area contributed by atoms with Crippen molar-refractivity contribution < 1.29 is 9.53 Å². The summed E-state index contributed by atoms with van der Waals surface area (Å²) in [5.74, 6) is -0.319. The molecule has 1 aromatic rings. The molecule has 0 unspecified atom stereocenters. The van der Waals surface area contributed by atoms with Crippen LogP contribution >= 0.6 is 0 Å². The van der Waals surface area contributed by atoms with Crippen LogP contribution in [0.25, 0.3) is 0 Å². The molecule has 0 atom stereocenters. The van der Waals surface area contributed by atoms with Crippen molar-refractivity contribution in [2.75, 3.05) is 19.0 Å². The number of rotatable bonds is 3. The number of carbonyl (C=O) groups excluding carboxylic acids is 1. The first-order valence-electron chi connectivity index (χ1n) is 4.23. The lowest BCUT2D eigenvalue weighted by Crippen LogP contribution is -2.07. The maximum Gasteiger partial charge on any atom is 0.356 e. The van der Waals surface area contributed by atoms with Crippen molar-refractivity contribution in [1.82, 2.24) is 4.98 Å². The van der Waals surface area contributed by atoms with Gasteiger partial charge in [0.1, 0.15) is 5.69 Å². The molecule has 1 aromatic heterocycles. The molecule has 0 fully saturated rings. The monoisotopic (exact) mass is 182 g/mol. The molecule has 0 amide bonds. The first-order chi connectivity index (χ1) is 6.19. The Balaban J connectivity index is 2.91. The van der Waals surface area contributed by atoms with Gasteiger partial charge in [-0.2, -0.15) is 0 Å². The Morgan fingerprint density at radius 3 is 2.92 bits per heavy atom. The molecule has 1 rings (SSSR count). The highest BCUT2D eigenvalue weighted by atomic mass is 16.5. The van der Waals surface area contributed by atoms with E-state index in [4.69, 9.17) is 4.74 Å². The van der Waals surface area contributed by atoms with E-state index in [2.05, 4.69) is 10.3 Å². The largest absolute Gasteiger partial charge is 0.461 e. The second-order valence-corrected chi connectivity index (χ2v) is 2.71. The number of ether oxygens (including phenoxy) is 1. The number of hydrogen-bond donors (Lipinski definition) is 2. The summed E-state index contributed by atoms with van der Waals surface area (Å²) in [5.41, 5.74) is 2.20. The third kappa shape index (κ3) is 2.02. The van der Waals surface area contributed by atoms with E-state index in [1.807, 2.05) is 13.0 Å². The smallest absolute Gasteiger partial charge is 0.356 e. The molecule has 0 saturated carbocycles. The summed E-state index contributed by atoms with van der Waals surface area (Å²) in [6, 6.07) is 1.87. The van der Waals surface area contributed by atoms with Crippen LogP contribution < -0.4 is 5.32 Å². The van der Waals surface area contributed by atoms with Gasteiger partial charge >= 0.3 is 5.97 Å². The number of aromatic amines is 1. The zero-order chi connectivity index (χ0) is 9.84. The Kier molecular flexibility index (Phi) is 2.95. The van der Waals surface area contributed by atoms with Crippen LogP contribution in [0.15, 0.2) is 6.07 Å². The van der Waals surface area contributed by atoms with Gasteiger partial charge < -0.3 is 15.0 Å². The Morgan fingerprint density at radius 1 is 1.69 bits per heavy atom. The van der Waals surface area contributed by atoms with Crippen molar-refractivity contribution >= 4 is 11.7 Å². The number of esters is 1. The van der Waals surface area contributed by atoms with Gasteiger partial charge in [0.05, 0.1) is 12.3 Å². The lowest BCUT2D eigenvalue weighted by molar-refractivity contribution is 0.0521. The molecule has 72 valence electrons. The third-order valence-electron chi connectivity index (χ3n) is 1.70. The van der Waals surface area contributed by atoms with Crippen LogP contribution in [0, 0.1) is 6.92 Å². The molecule has 0 aliphatic heterocycles. The van der Waals surface area contributed by atoms with Gasteiger partial charge in [0.2, 0.25) is 0 Å². The Hall–Kier alpha value is -1.45. The summed E-state index contributed by atoms with van der Waals surface area (Å²) >= 11 is 0. The highest BCUT2D eigenvalue weighted by Gasteiger charge is 2.13. The number of aryl methyl sites for hydroxylation is 1. The lowest BCUT2D eigenvalue weighted by atomic mass is 10.3. The fourth-order valence-electron chi connectivity index (χ4n) is 1.15. The van der Waals surface area contributed by atoms with E-state index in [0.717, 1.165) is 11.4 Å². The van der Waals surface area contributed by atoms with Crippen LogP contribution in [0.5, 0.6) is 0 Å². The predicted octanol–water partition coefficient (Wildman–Crippen LogP) is 1.54. The number of anilines is 1. The van der Waals surface area contributed by atoms with Crippen molar-refractivity contribution in [2.24, 2.45) is 0 Å². The number of hydrogen-bond acceptors (Lipinski definition) is 3. The molecule has 4 nitrogen and oxygen atoms in total. The first-order valence-corrected chi connectivity index (χ1v) is 4.23. The minimum Gasteiger partial charge on any atom is -0.461 e. The Morgan fingerprint density at radius 2 is 2.38 bits per heavy atom. The van der Waals surface area contributed by atoms with E-state index in [9.17, 15) is 4.79 Å². The first kappa shape index (κ1) is 9.64. The van der Waals surface area contributed by atoms with Crippen LogP contribution in [0.1, 0.15) is 23.1 Å². The number of nitrogens with one attached hydrogen (secondary N) is 2. The van der Waals surface area contributed by atoms with Crippen LogP contribution in [-0.2, 0) is 4.74 Å². The molecule has 0 spiro atoms. The maximum absolute atomic E-state index is 11.3. The highest BCUT2D eigenvalue weighted by Crippen LogP contribution is 2.16. The van der Waals surface area contributed by atoms with Crippen LogP contribution in [0.4, 0.5) is 5.69 Å². The van der Waals surface area contributed by atoms with Gasteiger partial charge in [-0.3, -0.25) is 0 Å². The van der Waals surface area contributed by atoms with Crippen LogP contribution in [0.2, 0.25) is 0 Å². The summed E-state index contributed by atoms with van der Waals surface area (Å²) in [6.45, 7) is 4.07. The fraction of sp³-hybridized carbons (Fsp3) is 0.444. The van der Waals surface area contributed by atoms with E-state index in [0.29, 0.717) is 12.3 Å². The summed E-state index contributed by atoms with van der Waals surface area (Å²) < 4.78 is 4.87. The SMILES string of the molecule is CCOC(=O)c1[nH]c(C)cc1NC. The van der Waals surface area contributed by atoms with Crippen LogP contribution in [0.3, 0.4) is 0 Å². The summed E-state index contributed by atoms with van der Waals surface area (Å²) in [7, 11) is 1.77. The van der Waals surface area contributed by atoms with E-state index in [-0.39, 0.29) is 5.97 Å². The molecular formula is C9H14N2O2. The lowest BCUT2D eigenvalue weighted by Gasteiger charge is -2.01. The number of H-pyrrole nitrogens is 1. The van der Waals surface area contributed by atoms with Gasteiger partial charge in [-0.25, -0.2) is 4.79 Å². The quantitative estimate of drug-likeness (QED) is 0.697. The highest BCUT2D eigenvalue weighted by molar-refractivity contribution is 5.94. The number of carbonyl (C=O) groups is 1. The summed E-state index contributed by atoms with van der Waals surface area (Å²) in [4.78, 5) is 14.3. The average molecular weight is 182 g/mol. The molecule has 1 heterocycles. The van der Waals surface area contributed by atoms with Gasteiger partial charge in [0.25, 0.3) is 0 Å². The van der Waals surface area contributed by atoms with Gasteiger partial charge in [-0.1, -0.05) is 0 Å². The second kappa shape index (κ2) is 3.98. The third-order valence-corrected chi connectivity index (χ3v) is 1.70. The van der Waals surface area contributed by atoms with Crippen molar-refractivity contribution in [3.05, 3.63) is 17.5 Å². The van der Waals surface area contributed by atoms with E-state index < -0.39 is 0 Å². The second-order valence-electron chi connectivity index (χ2n) is 2.71. The van der Waals surface area contributed by atoms with Gasteiger partial charge in [0.15, 0.2) is 0 Å². The topological polar surface area (TPSA) is 54.1 Å². The molecule has 2 N–H and O–H groups in total. The minimum absolute atomic E-state index is 0.319. The summed E-state index contributed by atoms with van der Waals surface area (Å²) in [6.07, 6.45) is 0. The molecule has 0 aliphatic carbocycles. The zero-order valence-corrected chi connectivity index (χ0v) is 8.10. The number of aromatic nitrogens is 1. The van der Waals surface area contributed by atoms with E-state index in [1.54, 1.807) is 14.0 Å². The molecule has 0 radical (unpaired) electrons. The molecule has 13 heavy (non-hydrogen) atoms. The maximum atomic E-state index is 11.3. The van der Waals surface area contributed by atoms with E-state index in [1.165, 1.54) is 0 Å². The predicted molar refractivity (Wildman–Crippen MR) is 51.0 cm³/mol. The van der Waals surface area contributed by atoms with Crippen molar-refractivity contribution in [1.29, 1.82) is 0 Å². The minimum atomic E-state index is -0.319.